The monoisotopic (exact) mass is 628 g/mol. The van der Waals surface area contributed by atoms with E-state index >= 15 is 0 Å². The summed E-state index contributed by atoms with van der Waals surface area (Å²) in [5.74, 6) is 1.20. The number of aromatic nitrogens is 2. The lowest BCUT2D eigenvalue weighted by molar-refractivity contribution is -0.925. The van der Waals surface area contributed by atoms with Gasteiger partial charge in [-0.15, -0.1) is 0 Å². The predicted molar refractivity (Wildman–Crippen MR) is 183 cm³/mol. The van der Waals surface area contributed by atoms with Crippen LogP contribution in [0.15, 0.2) is 72.6 Å². The van der Waals surface area contributed by atoms with E-state index in [0.29, 0.717) is 6.04 Å². The topological polar surface area (TPSA) is 72.6 Å². The second-order valence-electron chi connectivity index (χ2n) is 15.2. The van der Waals surface area contributed by atoms with Gasteiger partial charge >= 0.3 is 0 Å². The quantitative estimate of drug-likeness (QED) is 0.171. The number of aliphatic hydroxyl groups excluding tert-OH is 2. The zero-order valence-electron chi connectivity index (χ0n) is 27.5. The van der Waals surface area contributed by atoms with Gasteiger partial charge in [0.2, 0.25) is 5.69 Å². The van der Waals surface area contributed by atoms with Gasteiger partial charge in [0.1, 0.15) is 24.0 Å². The number of pyridine rings is 1. The maximum absolute atomic E-state index is 12.8. The maximum atomic E-state index is 12.8. The number of likely N-dealkylation sites (N-methyl/N-ethyl adjacent to an activating group) is 1. The minimum absolute atomic E-state index is 0.0257. The fourth-order valence-electron chi connectivity index (χ4n) is 11.6. The van der Waals surface area contributed by atoms with Crippen molar-refractivity contribution in [3.8, 4) is 17.1 Å². The van der Waals surface area contributed by atoms with Crippen molar-refractivity contribution in [3.05, 3.63) is 94.8 Å². The normalized spacial score (nSPS) is 33.4. The third kappa shape index (κ3) is 3.40. The standard InChI is InChI=1S/C40H43N4O3/c1-4-23-20-42-15-12-25-35-30(9-7-11-33(35)47-3)41-37(25)32(42)18-26(23)28-21-43-31-10-6-5-8-29(31)40-14-16-44(2)22-24(13-17-45)27(19-34(40)44)36(38(28)46)39(40)43/h5-11,13,18,20-21,27,34,36,38-39,45-46H,4,12,14-17,19,22H2,1-3H3/q+1/p+1/b24-13+/t27-,34-,36-,38+,39-,40+,44?/m0/s1. The third-order valence-corrected chi connectivity index (χ3v) is 13.4. The molecule has 0 amide bonds. The molecule has 240 valence electrons. The van der Waals surface area contributed by atoms with Crippen LogP contribution in [0.3, 0.4) is 0 Å². The molecule has 3 fully saturated rings. The number of hydrogen-bond donors (Lipinski definition) is 3. The molecule has 3 N–H and O–H groups in total. The second-order valence-corrected chi connectivity index (χ2v) is 15.2. The number of nitrogens with one attached hydrogen (secondary N) is 1. The number of aliphatic hydroxyl groups is 2. The Bertz CT molecular complexity index is 2060. The number of ether oxygens (including phenoxy) is 1. The zero-order chi connectivity index (χ0) is 31.8. The molecule has 7 nitrogen and oxygen atoms in total. The summed E-state index contributed by atoms with van der Waals surface area (Å²) in [7, 11) is 4.20. The van der Waals surface area contributed by atoms with Crippen LogP contribution < -0.4 is 14.2 Å². The van der Waals surface area contributed by atoms with Gasteiger partial charge < -0.3 is 29.3 Å². The number of rotatable bonds is 4. The molecular weight excluding hydrogens is 584 g/mol. The van der Waals surface area contributed by atoms with Gasteiger partial charge in [-0.3, -0.25) is 0 Å². The van der Waals surface area contributed by atoms with E-state index in [1.807, 2.05) is 6.07 Å². The molecule has 2 saturated heterocycles. The highest BCUT2D eigenvalue weighted by molar-refractivity contribution is 5.95. The first-order chi connectivity index (χ1) is 22.9. The predicted octanol–water partition coefficient (Wildman–Crippen LogP) is 4.88. The number of benzene rings is 2. The van der Waals surface area contributed by atoms with Gasteiger partial charge in [-0.25, -0.2) is 0 Å². The highest BCUT2D eigenvalue weighted by atomic mass is 16.5. The summed E-state index contributed by atoms with van der Waals surface area (Å²) in [6, 6.07) is 18.4. The van der Waals surface area contributed by atoms with Crippen molar-refractivity contribution >= 4 is 22.2 Å². The molecule has 4 aromatic rings. The summed E-state index contributed by atoms with van der Waals surface area (Å²) >= 11 is 0. The first kappa shape index (κ1) is 28.1. The van der Waals surface area contributed by atoms with Crippen LogP contribution in [0.25, 0.3) is 27.9 Å². The number of aromatic amines is 1. The molecule has 1 saturated carbocycles. The molecule has 1 spiro atoms. The molecule has 2 bridgehead atoms. The summed E-state index contributed by atoms with van der Waals surface area (Å²) < 4.78 is 9.25. The van der Waals surface area contributed by atoms with E-state index in [9.17, 15) is 10.2 Å². The molecular formula is C40H44N4O3+2. The Morgan fingerprint density at radius 1 is 1.19 bits per heavy atom. The molecule has 7 heteroatoms. The summed E-state index contributed by atoms with van der Waals surface area (Å²) in [6.45, 7) is 5.30. The summed E-state index contributed by atoms with van der Waals surface area (Å²) in [4.78, 5) is 6.34. The van der Waals surface area contributed by atoms with Gasteiger partial charge in [-0.1, -0.05) is 37.3 Å². The molecule has 6 aliphatic rings. The van der Waals surface area contributed by atoms with Gasteiger partial charge in [-0.2, -0.15) is 4.57 Å². The van der Waals surface area contributed by atoms with E-state index in [2.05, 4.69) is 89.4 Å². The number of hydrogen-bond acceptors (Lipinski definition) is 4. The molecule has 1 unspecified atom stereocenters. The first-order valence-corrected chi connectivity index (χ1v) is 17.6. The molecule has 47 heavy (non-hydrogen) atoms. The Labute approximate surface area is 276 Å². The van der Waals surface area contributed by atoms with E-state index in [1.165, 1.54) is 33.3 Å². The molecule has 7 atom stereocenters. The Balaban J connectivity index is 1.19. The van der Waals surface area contributed by atoms with Crippen molar-refractivity contribution in [1.82, 2.24) is 4.98 Å². The van der Waals surface area contributed by atoms with Crippen LogP contribution in [0.4, 0.5) is 5.69 Å². The van der Waals surface area contributed by atoms with Crippen LogP contribution in [-0.2, 0) is 24.8 Å². The number of aryl methyl sites for hydroxylation is 3. The maximum Gasteiger partial charge on any atom is 0.229 e. The van der Waals surface area contributed by atoms with Gasteiger partial charge in [0.15, 0.2) is 12.7 Å². The van der Waals surface area contributed by atoms with Gasteiger partial charge in [-0.05, 0) is 47.2 Å². The highest BCUT2D eigenvalue weighted by Gasteiger charge is 2.74. The molecule has 5 aliphatic heterocycles. The Morgan fingerprint density at radius 3 is 2.89 bits per heavy atom. The SMILES string of the molecule is CCc1c[n+]2c(cc1C1=CN3c4ccccc4[C@]45CC[N+]6(C)C/C(=C\CO)[C@H](C[C@@H]46)[C@@H]([C@@H]1O)[C@H]35)-c1[nH]c3cccc(OC)c3c1CC2. The van der Waals surface area contributed by atoms with E-state index < -0.39 is 6.10 Å². The number of para-hydroxylation sites is 1. The first-order valence-electron chi connectivity index (χ1n) is 17.6. The van der Waals surface area contributed by atoms with Crippen molar-refractivity contribution in [3.63, 3.8) is 0 Å². The number of anilines is 1. The molecule has 1 aliphatic carbocycles. The molecule has 2 aromatic heterocycles. The number of quaternary nitrogens is 1. The van der Waals surface area contributed by atoms with Crippen molar-refractivity contribution < 1.29 is 24.0 Å². The summed E-state index contributed by atoms with van der Waals surface area (Å²) in [6.07, 6.45) is 10.2. The van der Waals surface area contributed by atoms with E-state index in [-0.39, 0.29) is 29.9 Å². The van der Waals surface area contributed by atoms with Crippen LogP contribution in [-0.4, -0.2) is 71.7 Å². The van der Waals surface area contributed by atoms with Crippen molar-refractivity contribution in [2.45, 2.75) is 62.8 Å². The van der Waals surface area contributed by atoms with Gasteiger partial charge in [0.25, 0.3) is 0 Å². The van der Waals surface area contributed by atoms with Gasteiger partial charge in [0, 0.05) is 65.2 Å². The summed E-state index contributed by atoms with van der Waals surface area (Å²) in [5.41, 5.74) is 12.3. The van der Waals surface area contributed by atoms with Crippen LogP contribution >= 0.6 is 0 Å². The number of nitrogens with zero attached hydrogens (tertiary/aromatic N) is 3. The van der Waals surface area contributed by atoms with Crippen LogP contribution in [0, 0.1) is 11.8 Å². The van der Waals surface area contributed by atoms with Crippen LogP contribution in [0.1, 0.15) is 42.0 Å². The van der Waals surface area contributed by atoms with E-state index in [0.717, 1.165) is 83.6 Å². The second kappa shape index (κ2) is 9.59. The molecule has 0 radical (unpaired) electrons. The summed E-state index contributed by atoms with van der Waals surface area (Å²) in [5, 5.41) is 24.2. The molecule has 2 aromatic carbocycles. The molecule has 7 heterocycles. The minimum atomic E-state index is -0.604. The fraction of sp³-hybridized carbons (Fsp3) is 0.425. The minimum Gasteiger partial charge on any atom is -0.496 e. The largest absolute Gasteiger partial charge is 0.496 e. The van der Waals surface area contributed by atoms with Gasteiger partial charge in [0.05, 0.1) is 50.4 Å². The van der Waals surface area contributed by atoms with Crippen molar-refractivity contribution in [2.75, 3.05) is 38.8 Å². The number of methoxy groups -OCH3 is 1. The number of fused-ring (bicyclic) bond motifs is 9. The Kier molecular flexibility index (Phi) is 5.74. The van der Waals surface area contributed by atoms with Crippen LogP contribution in [0.2, 0.25) is 0 Å². The Hall–Kier alpha value is -3.91. The Morgan fingerprint density at radius 2 is 2.06 bits per heavy atom. The lowest BCUT2D eigenvalue weighted by Gasteiger charge is -2.59. The average Bonchev–Trinajstić information content (AvgIpc) is 3.73. The van der Waals surface area contributed by atoms with Crippen molar-refractivity contribution in [2.24, 2.45) is 11.8 Å². The average molecular weight is 629 g/mol. The molecule has 10 rings (SSSR count). The number of H-pyrrole nitrogens is 1. The lowest BCUT2D eigenvalue weighted by atomic mass is 9.53. The zero-order valence-corrected chi connectivity index (χ0v) is 27.5. The van der Waals surface area contributed by atoms with E-state index in [1.54, 1.807) is 7.11 Å². The third-order valence-electron chi connectivity index (χ3n) is 13.4. The number of piperidine rings is 1. The van der Waals surface area contributed by atoms with E-state index in [4.69, 9.17) is 4.74 Å². The van der Waals surface area contributed by atoms with Crippen molar-refractivity contribution in [1.29, 1.82) is 0 Å². The highest BCUT2D eigenvalue weighted by Crippen LogP contribution is 2.67. The lowest BCUT2D eigenvalue weighted by Crippen LogP contribution is -2.70. The van der Waals surface area contributed by atoms with Crippen LogP contribution in [0.5, 0.6) is 5.75 Å². The smallest absolute Gasteiger partial charge is 0.229 e. The fourth-order valence-corrected chi connectivity index (χ4v) is 11.6.